The lowest BCUT2D eigenvalue weighted by Gasteiger charge is -2.52. The number of aryl methyl sites for hydroxylation is 2. The predicted octanol–water partition coefficient (Wildman–Crippen LogP) is 7.89. The highest BCUT2D eigenvalue weighted by atomic mass is 19.1. The first-order chi connectivity index (χ1) is 33.6. The normalized spacial score (nSPS) is 24.5. The van der Waals surface area contributed by atoms with Crippen LogP contribution in [0.4, 0.5) is 10.1 Å². The highest BCUT2D eigenvalue weighted by Crippen LogP contribution is 2.61. The second-order valence-corrected chi connectivity index (χ2v) is 20.8. The summed E-state index contributed by atoms with van der Waals surface area (Å²) in [5, 5.41) is 5.78. The number of nitrogens with one attached hydrogen (secondary N) is 1. The third kappa shape index (κ3) is 6.18. The molecular formula is C53H54FN11O4. The summed E-state index contributed by atoms with van der Waals surface area (Å²) in [7, 11) is 7.17. The molecule has 2 aliphatic heterocycles. The molecule has 6 aliphatic rings. The number of imidazole rings is 2. The fourth-order valence-electron chi connectivity index (χ4n) is 13.4. The van der Waals surface area contributed by atoms with Gasteiger partial charge in [0.25, 0.3) is 11.8 Å². The van der Waals surface area contributed by atoms with Gasteiger partial charge in [0, 0.05) is 81.4 Å². The molecule has 2 bridgehead atoms. The van der Waals surface area contributed by atoms with Crippen molar-refractivity contribution in [1.82, 2.24) is 48.0 Å². The van der Waals surface area contributed by atoms with E-state index in [-0.39, 0.29) is 23.9 Å². The Morgan fingerprint density at radius 2 is 1.51 bits per heavy atom. The van der Waals surface area contributed by atoms with Gasteiger partial charge in [-0.05, 0) is 123 Å². The Labute approximate surface area is 397 Å². The molecule has 6 fully saturated rings. The standard InChI is InChI=1S/C53H54FN11O4/c1-60-39-10-7-29(18-37(39)57-50(60)42-20-28-9-12-44(69-4)59-49(28)62(42)13-14-68-3)52(66)64-25-30-8-11-40(64)46(30)56-35-16-32-22-43(63(24-27-5-6-27)48(32)55-23-35)51-58-38-19-33(17-36(54)47(38)61(51)2)53(67)65-26-34-15-31-21-41(65)45(31)34/h7,9-10,12,16-20,22-23,27,30-31,34,40-41,45-46,56H,5-6,8,11,13-15,21,24-26H2,1-4H3/t30-,31?,34-,40-,41-,45-,46-/m1/s1. The minimum atomic E-state index is -0.431. The van der Waals surface area contributed by atoms with E-state index in [2.05, 4.69) is 42.1 Å². The number of benzene rings is 2. The van der Waals surface area contributed by atoms with Crippen molar-refractivity contribution in [2.45, 2.75) is 69.7 Å². The molecule has 7 atom stereocenters. The van der Waals surface area contributed by atoms with Gasteiger partial charge < -0.3 is 42.9 Å². The number of carbonyl (C=O) groups is 2. The number of hydrogen-bond acceptors (Lipinski definition) is 9. The number of anilines is 1. The SMILES string of the molecule is COCCn1c(-c2nc3cc(C(=O)N4C[C@H]5CC[C@@H]4[C@@H]5Nc4cnc5c(c4)cc(-c4nc6cc(C(=O)N7C[C@H]8CC9C[C@@H]7[C@H]98)cc(F)c6n4C)n5CC4CC4)ccc3n2C)cc2ccc(OC)nc21. The lowest BCUT2D eigenvalue weighted by atomic mass is 9.53. The number of likely N-dealkylation sites (tertiary alicyclic amines) is 2. The number of rotatable bonds is 12. The Kier molecular flexibility index (Phi) is 9.01. The fourth-order valence-corrected chi connectivity index (χ4v) is 13.4. The van der Waals surface area contributed by atoms with Crippen molar-refractivity contribution >= 4 is 61.6 Å². The molecule has 4 aliphatic carbocycles. The highest BCUT2D eigenvalue weighted by molar-refractivity contribution is 6.00. The molecule has 2 amide bonds. The molecule has 1 N–H and O–H groups in total. The summed E-state index contributed by atoms with van der Waals surface area (Å²) in [5.74, 6) is 4.35. The van der Waals surface area contributed by atoms with Crippen molar-refractivity contribution in [3.8, 4) is 28.9 Å². The quantitative estimate of drug-likeness (QED) is 0.130. The van der Waals surface area contributed by atoms with Crippen LogP contribution in [-0.2, 0) is 31.9 Å². The van der Waals surface area contributed by atoms with Crippen LogP contribution in [0.3, 0.4) is 0 Å². The number of nitrogens with zero attached hydrogens (tertiary/aromatic N) is 10. The summed E-state index contributed by atoms with van der Waals surface area (Å²) < 4.78 is 35.3. The van der Waals surface area contributed by atoms with Crippen LogP contribution >= 0.6 is 0 Å². The molecule has 15 nitrogen and oxygen atoms in total. The molecule has 8 aromatic rings. The maximum atomic E-state index is 16.1. The first kappa shape index (κ1) is 41.2. The molecule has 352 valence electrons. The molecule has 1 unspecified atom stereocenters. The van der Waals surface area contributed by atoms with Gasteiger partial charge in [0.15, 0.2) is 11.6 Å². The Hall–Kier alpha value is -6.81. The molecule has 16 heteroatoms. The molecule has 6 aromatic heterocycles. The predicted molar refractivity (Wildman–Crippen MR) is 259 cm³/mol. The maximum absolute atomic E-state index is 16.1. The first-order valence-corrected chi connectivity index (χ1v) is 24.7. The summed E-state index contributed by atoms with van der Waals surface area (Å²) in [6.45, 7) is 3.36. The van der Waals surface area contributed by atoms with E-state index >= 15 is 4.39 Å². The highest BCUT2D eigenvalue weighted by Gasteiger charge is 2.62. The third-order valence-corrected chi connectivity index (χ3v) is 17.0. The number of fused-ring (bicyclic) bond motifs is 6. The molecule has 2 saturated heterocycles. The van der Waals surface area contributed by atoms with E-state index < -0.39 is 5.82 Å². The first-order valence-electron chi connectivity index (χ1n) is 24.7. The monoisotopic (exact) mass is 927 g/mol. The minimum absolute atomic E-state index is 0.0128. The van der Waals surface area contributed by atoms with Crippen molar-refractivity contribution in [3.63, 3.8) is 0 Å². The second-order valence-electron chi connectivity index (χ2n) is 20.8. The van der Waals surface area contributed by atoms with Crippen LogP contribution in [0.25, 0.3) is 67.2 Å². The number of aromatic nitrogens is 8. The minimum Gasteiger partial charge on any atom is -0.481 e. The number of piperidine rings is 1. The largest absolute Gasteiger partial charge is 0.481 e. The van der Waals surface area contributed by atoms with Crippen LogP contribution in [0.15, 0.2) is 66.9 Å². The van der Waals surface area contributed by atoms with Gasteiger partial charge in [-0.25, -0.2) is 19.3 Å². The zero-order valence-corrected chi connectivity index (χ0v) is 39.2. The summed E-state index contributed by atoms with van der Waals surface area (Å²) in [6.07, 6.45) is 8.49. The van der Waals surface area contributed by atoms with E-state index in [1.807, 2.05) is 60.1 Å². The van der Waals surface area contributed by atoms with E-state index in [9.17, 15) is 9.59 Å². The van der Waals surface area contributed by atoms with Gasteiger partial charge in [-0.15, -0.1) is 0 Å². The zero-order valence-electron chi connectivity index (χ0n) is 39.2. The molecule has 69 heavy (non-hydrogen) atoms. The summed E-state index contributed by atoms with van der Waals surface area (Å²) in [5.41, 5.74) is 7.91. The lowest BCUT2D eigenvalue weighted by molar-refractivity contribution is -0.0204. The van der Waals surface area contributed by atoms with Crippen LogP contribution in [-0.4, -0.2) is 112 Å². The smallest absolute Gasteiger partial charge is 0.254 e. The van der Waals surface area contributed by atoms with Crippen LogP contribution in [0.2, 0.25) is 0 Å². The zero-order chi connectivity index (χ0) is 46.6. The fraction of sp³-hybridized carbons (Fsp3) is 0.434. The van der Waals surface area contributed by atoms with E-state index in [0.29, 0.717) is 83.3 Å². The van der Waals surface area contributed by atoms with Gasteiger partial charge in [0.2, 0.25) is 5.88 Å². The molecule has 0 radical (unpaired) electrons. The van der Waals surface area contributed by atoms with Crippen LogP contribution in [0, 0.1) is 35.4 Å². The van der Waals surface area contributed by atoms with E-state index in [1.165, 1.54) is 12.5 Å². The second kappa shape index (κ2) is 15.1. The van der Waals surface area contributed by atoms with Gasteiger partial charge >= 0.3 is 0 Å². The maximum Gasteiger partial charge on any atom is 0.254 e. The van der Waals surface area contributed by atoms with Crippen LogP contribution in [0.5, 0.6) is 5.88 Å². The molecule has 0 spiro atoms. The van der Waals surface area contributed by atoms with Crippen molar-refractivity contribution in [3.05, 3.63) is 83.8 Å². The molecule has 2 aromatic carbocycles. The van der Waals surface area contributed by atoms with E-state index in [0.717, 1.165) is 107 Å². The van der Waals surface area contributed by atoms with Gasteiger partial charge in [-0.1, -0.05) is 0 Å². The van der Waals surface area contributed by atoms with E-state index in [1.54, 1.807) is 20.3 Å². The summed E-state index contributed by atoms with van der Waals surface area (Å²) >= 11 is 0. The van der Waals surface area contributed by atoms with Crippen molar-refractivity contribution in [2.75, 3.05) is 39.2 Å². The number of carbonyl (C=O) groups excluding carboxylic acids is 2. The van der Waals surface area contributed by atoms with Crippen molar-refractivity contribution in [1.29, 1.82) is 0 Å². The number of halogens is 1. The van der Waals surface area contributed by atoms with Gasteiger partial charge in [-0.3, -0.25) is 9.59 Å². The van der Waals surface area contributed by atoms with Crippen molar-refractivity contribution < 1.29 is 23.5 Å². The molecule has 4 saturated carbocycles. The molecule has 8 heterocycles. The van der Waals surface area contributed by atoms with E-state index in [4.69, 9.17) is 29.4 Å². The van der Waals surface area contributed by atoms with Gasteiger partial charge in [-0.2, -0.15) is 4.98 Å². The molecule has 14 rings (SSSR count). The number of amides is 2. The Morgan fingerprint density at radius 3 is 2.32 bits per heavy atom. The number of methoxy groups -OCH3 is 2. The Bertz CT molecular complexity index is 3470. The number of hydrogen-bond donors (Lipinski definition) is 1. The topological polar surface area (TPSA) is 142 Å². The Balaban J connectivity index is 0.730. The summed E-state index contributed by atoms with van der Waals surface area (Å²) in [6, 6.07) is 19.7. The number of ether oxygens (including phenoxy) is 2. The van der Waals surface area contributed by atoms with Crippen LogP contribution < -0.4 is 10.1 Å². The third-order valence-electron chi connectivity index (χ3n) is 17.0. The average molecular weight is 928 g/mol. The summed E-state index contributed by atoms with van der Waals surface area (Å²) in [4.78, 5) is 52.3. The molecular weight excluding hydrogens is 874 g/mol. The van der Waals surface area contributed by atoms with Crippen LogP contribution in [0.1, 0.15) is 59.2 Å². The van der Waals surface area contributed by atoms with Crippen molar-refractivity contribution in [2.24, 2.45) is 43.7 Å². The lowest BCUT2D eigenvalue weighted by Crippen LogP contribution is -2.53. The van der Waals surface area contributed by atoms with Gasteiger partial charge in [0.1, 0.15) is 22.6 Å². The van der Waals surface area contributed by atoms with Gasteiger partial charge in [0.05, 0.1) is 65.6 Å². The average Bonchev–Trinajstić information content (AvgIpc) is 3.68. The Morgan fingerprint density at radius 1 is 0.739 bits per heavy atom. The number of pyridine rings is 2.